The summed E-state index contributed by atoms with van der Waals surface area (Å²) < 4.78 is 0. The third kappa shape index (κ3) is 3.36. The molecule has 29 heavy (non-hydrogen) atoms. The van der Waals surface area contributed by atoms with Crippen molar-refractivity contribution in [2.75, 3.05) is 6.54 Å². The second-order valence-electron chi connectivity index (χ2n) is 8.29. The van der Waals surface area contributed by atoms with E-state index in [-0.39, 0.29) is 18.7 Å². The lowest BCUT2D eigenvalue weighted by Gasteiger charge is -2.43. The minimum absolute atomic E-state index is 0.117. The van der Waals surface area contributed by atoms with Crippen LogP contribution in [0.2, 0.25) is 0 Å². The number of amides is 4. The molecular formula is C21H26N4O4. The summed E-state index contributed by atoms with van der Waals surface area (Å²) in [6, 6.07) is 5.45. The van der Waals surface area contributed by atoms with E-state index in [1.54, 1.807) is 12.1 Å². The van der Waals surface area contributed by atoms with Crippen LogP contribution in [0.4, 0.5) is 0 Å². The van der Waals surface area contributed by atoms with Gasteiger partial charge in [0.15, 0.2) is 0 Å². The number of benzene rings is 1. The third-order valence-electron chi connectivity index (χ3n) is 6.42. The number of hydrogen-bond acceptors (Lipinski definition) is 6. The van der Waals surface area contributed by atoms with Crippen molar-refractivity contribution in [1.82, 2.24) is 20.4 Å². The molecule has 1 aromatic rings. The van der Waals surface area contributed by atoms with Gasteiger partial charge in [-0.3, -0.25) is 34.3 Å². The van der Waals surface area contributed by atoms with Crippen molar-refractivity contribution in [3.8, 4) is 0 Å². The zero-order valence-corrected chi connectivity index (χ0v) is 16.9. The van der Waals surface area contributed by atoms with Crippen molar-refractivity contribution < 1.29 is 19.2 Å². The topological polar surface area (TPSA) is 98.8 Å². The Morgan fingerprint density at radius 1 is 1.03 bits per heavy atom. The number of carbonyl (C=O) groups excluding carboxylic acids is 4. The van der Waals surface area contributed by atoms with Crippen molar-refractivity contribution in [2.45, 2.75) is 64.3 Å². The standard InChI is InChI=1S/C21H26N4O4/c1-11-9-22-12(2)13(3)24(11)10-14-4-5-15-16(8-14)21(29)25(20(15)28)17-6-7-18(26)23-19(17)27/h4-5,8,11-13,17,22H,6-7,9-10H2,1-3H3,(H,23,26,27). The molecule has 154 valence electrons. The first-order valence-corrected chi connectivity index (χ1v) is 10.1. The number of nitrogens with one attached hydrogen (secondary N) is 2. The monoisotopic (exact) mass is 398 g/mol. The van der Waals surface area contributed by atoms with Crippen LogP contribution in [0, 0.1) is 0 Å². The van der Waals surface area contributed by atoms with Crippen LogP contribution in [0.25, 0.3) is 0 Å². The summed E-state index contributed by atoms with van der Waals surface area (Å²) >= 11 is 0. The van der Waals surface area contributed by atoms with Gasteiger partial charge in [0, 0.05) is 37.6 Å². The number of rotatable bonds is 3. The average Bonchev–Trinajstić information content (AvgIpc) is 2.93. The van der Waals surface area contributed by atoms with Crippen molar-refractivity contribution in [3.05, 3.63) is 34.9 Å². The summed E-state index contributed by atoms with van der Waals surface area (Å²) in [5.74, 6) is -1.90. The lowest BCUT2D eigenvalue weighted by molar-refractivity contribution is -0.136. The Bertz CT molecular complexity index is 899. The van der Waals surface area contributed by atoms with Crippen molar-refractivity contribution in [2.24, 2.45) is 0 Å². The Labute approximate surface area is 169 Å². The van der Waals surface area contributed by atoms with Crippen LogP contribution in [0.3, 0.4) is 0 Å². The second-order valence-corrected chi connectivity index (χ2v) is 8.29. The molecule has 2 fully saturated rings. The first-order chi connectivity index (χ1) is 13.8. The van der Waals surface area contributed by atoms with Crippen molar-refractivity contribution >= 4 is 23.6 Å². The van der Waals surface area contributed by atoms with Crippen molar-refractivity contribution in [1.29, 1.82) is 0 Å². The molecule has 3 aliphatic rings. The fourth-order valence-electron chi connectivity index (χ4n) is 4.46. The first kappa shape index (κ1) is 19.7. The van der Waals surface area contributed by atoms with Gasteiger partial charge in [0.05, 0.1) is 11.1 Å². The second kappa shape index (κ2) is 7.35. The summed E-state index contributed by atoms with van der Waals surface area (Å²) in [4.78, 5) is 52.7. The fraction of sp³-hybridized carbons (Fsp3) is 0.524. The molecule has 4 atom stereocenters. The Hall–Kier alpha value is -2.58. The molecule has 0 radical (unpaired) electrons. The molecule has 8 heteroatoms. The van der Waals surface area contributed by atoms with E-state index in [0.29, 0.717) is 35.8 Å². The van der Waals surface area contributed by atoms with E-state index in [2.05, 4.69) is 36.3 Å². The third-order valence-corrected chi connectivity index (χ3v) is 6.42. The molecule has 0 saturated carbocycles. The predicted octanol–water partition coefficient (Wildman–Crippen LogP) is 0.659. The number of carbonyl (C=O) groups is 4. The summed E-state index contributed by atoms with van der Waals surface area (Å²) in [5.41, 5.74) is 1.61. The van der Waals surface area contributed by atoms with Crippen LogP contribution in [-0.2, 0) is 16.1 Å². The van der Waals surface area contributed by atoms with Crippen LogP contribution < -0.4 is 10.6 Å². The highest BCUT2D eigenvalue weighted by molar-refractivity contribution is 6.23. The van der Waals surface area contributed by atoms with E-state index in [9.17, 15) is 19.2 Å². The first-order valence-electron chi connectivity index (χ1n) is 10.1. The molecule has 0 aromatic heterocycles. The van der Waals surface area contributed by atoms with Crippen LogP contribution in [-0.4, -0.2) is 64.1 Å². The van der Waals surface area contributed by atoms with Crippen LogP contribution in [0.15, 0.2) is 18.2 Å². The smallest absolute Gasteiger partial charge is 0.262 e. The Morgan fingerprint density at radius 3 is 2.48 bits per heavy atom. The van der Waals surface area contributed by atoms with E-state index in [0.717, 1.165) is 17.0 Å². The highest BCUT2D eigenvalue weighted by Crippen LogP contribution is 2.29. The Kier molecular flexibility index (Phi) is 5.00. The van der Waals surface area contributed by atoms with Gasteiger partial charge < -0.3 is 5.32 Å². The average molecular weight is 398 g/mol. The summed E-state index contributed by atoms with van der Waals surface area (Å²) in [6.07, 6.45) is 0.280. The Morgan fingerprint density at radius 2 is 1.76 bits per heavy atom. The normalized spacial score (nSPS) is 30.5. The molecule has 8 nitrogen and oxygen atoms in total. The highest BCUT2D eigenvalue weighted by atomic mass is 16.2. The number of piperazine rings is 1. The zero-order valence-electron chi connectivity index (χ0n) is 16.9. The fourth-order valence-corrected chi connectivity index (χ4v) is 4.46. The summed E-state index contributed by atoms with van der Waals surface area (Å²) in [6.45, 7) is 8.09. The quantitative estimate of drug-likeness (QED) is 0.726. The van der Waals surface area contributed by atoms with Crippen molar-refractivity contribution in [3.63, 3.8) is 0 Å². The van der Waals surface area contributed by atoms with Gasteiger partial charge in [0.1, 0.15) is 6.04 Å². The number of fused-ring (bicyclic) bond motifs is 1. The van der Waals surface area contributed by atoms with E-state index in [4.69, 9.17) is 0 Å². The van der Waals surface area contributed by atoms with Crippen LogP contribution in [0.5, 0.6) is 0 Å². The van der Waals surface area contributed by atoms with Gasteiger partial charge in [-0.15, -0.1) is 0 Å². The molecule has 0 aliphatic carbocycles. The molecule has 3 heterocycles. The molecule has 4 amide bonds. The number of nitrogens with zero attached hydrogens (tertiary/aromatic N) is 2. The molecule has 2 saturated heterocycles. The number of hydrogen-bond donors (Lipinski definition) is 2. The van der Waals surface area contributed by atoms with E-state index >= 15 is 0 Å². The molecule has 4 unspecified atom stereocenters. The van der Waals surface area contributed by atoms with Gasteiger partial charge in [0.2, 0.25) is 11.8 Å². The summed E-state index contributed by atoms with van der Waals surface area (Å²) in [7, 11) is 0. The summed E-state index contributed by atoms with van der Waals surface area (Å²) in [5, 5.41) is 5.71. The lowest BCUT2D eigenvalue weighted by Crippen LogP contribution is -2.59. The molecule has 0 spiro atoms. The van der Waals surface area contributed by atoms with Gasteiger partial charge in [-0.1, -0.05) is 6.07 Å². The maximum atomic E-state index is 13.0. The highest BCUT2D eigenvalue weighted by Gasteiger charge is 2.44. The molecule has 1 aromatic carbocycles. The van der Waals surface area contributed by atoms with Gasteiger partial charge in [-0.05, 0) is 44.9 Å². The van der Waals surface area contributed by atoms with E-state index < -0.39 is 23.8 Å². The lowest BCUT2D eigenvalue weighted by atomic mass is 10.00. The van der Waals surface area contributed by atoms with Gasteiger partial charge in [-0.25, -0.2) is 0 Å². The predicted molar refractivity (Wildman–Crippen MR) is 105 cm³/mol. The van der Waals surface area contributed by atoms with Gasteiger partial charge in [-0.2, -0.15) is 0 Å². The van der Waals surface area contributed by atoms with Gasteiger partial charge >= 0.3 is 0 Å². The SMILES string of the molecule is CC1NCC(C)N(Cc2ccc3c(c2)C(=O)N(C2CCC(=O)NC2=O)C3=O)C1C. The molecular weight excluding hydrogens is 372 g/mol. The van der Waals surface area contributed by atoms with Crippen LogP contribution >= 0.6 is 0 Å². The van der Waals surface area contributed by atoms with E-state index in [1.165, 1.54) is 0 Å². The molecule has 2 N–H and O–H groups in total. The molecule has 3 aliphatic heterocycles. The zero-order chi connectivity index (χ0) is 20.9. The number of piperidine rings is 1. The van der Waals surface area contributed by atoms with E-state index in [1.807, 2.05) is 6.07 Å². The maximum Gasteiger partial charge on any atom is 0.262 e. The molecule has 4 rings (SSSR count). The van der Waals surface area contributed by atoms with Gasteiger partial charge in [0.25, 0.3) is 11.8 Å². The largest absolute Gasteiger partial charge is 0.311 e. The maximum absolute atomic E-state index is 13.0. The number of imide groups is 2. The Balaban J connectivity index is 1.57. The minimum Gasteiger partial charge on any atom is -0.311 e. The molecule has 0 bridgehead atoms. The minimum atomic E-state index is -0.933. The van der Waals surface area contributed by atoms with Crippen LogP contribution in [0.1, 0.15) is 59.9 Å².